The van der Waals surface area contributed by atoms with Crippen LogP contribution in [0.2, 0.25) is 0 Å². The van der Waals surface area contributed by atoms with Gasteiger partial charge in [-0.2, -0.15) is 0 Å². The van der Waals surface area contributed by atoms with Crippen LogP contribution in [0.15, 0.2) is 23.2 Å². The van der Waals surface area contributed by atoms with Gasteiger partial charge in [0.2, 0.25) is 0 Å². The molecule has 7 heteroatoms. The van der Waals surface area contributed by atoms with Crippen molar-refractivity contribution in [3.8, 4) is 5.75 Å². The smallest absolute Gasteiger partial charge is 0.191 e. The quantitative estimate of drug-likeness (QED) is 0.229. The summed E-state index contributed by atoms with van der Waals surface area (Å²) in [5, 5.41) is 6.85. The summed E-state index contributed by atoms with van der Waals surface area (Å²) in [6, 6.07) is 6.40. The minimum absolute atomic E-state index is 0. The number of aryl methyl sites for hydroxylation is 1. The fourth-order valence-corrected chi connectivity index (χ4v) is 3.78. The van der Waals surface area contributed by atoms with Gasteiger partial charge in [-0.25, -0.2) is 0 Å². The zero-order chi connectivity index (χ0) is 19.6. The molecule has 0 spiro atoms. The molecule has 164 valence electrons. The SMILES string of the molecule is CN=C(NCCCN1CCCC1)NCc1ccc(C)cc1OCC1CCOC1.I. The van der Waals surface area contributed by atoms with Crippen LogP contribution in [0, 0.1) is 12.8 Å². The van der Waals surface area contributed by atoms with E-state index in [1.54, 1.807) is 0 Å². The maximum Gasteiger partial charge on any atom is 0.191 e. The summed E-state index contributed by atoms with van der Waals surface area (Å²) in [7, 11) is 1.82. The molecule has 0 saturated carbocycles. The van der Waals surface area contributed by atoms with E-state index in [0.717, 1.165) is 56.5 Å². The summed E-state index contributed by atoms with van der Waals surface area (Å²) in [4.78, 5) is 6.90. The van der Waals surface area contributed by atoms with Gasteiger partial charge in [-0.1, -0.05) is 12.1 Å². The van der Waals surface area contributed by atoms with Crippen LogP contribution >= 0.6 is 24.0 Å². The third-order valence-corrected chi connectivity index (χ3v) is 5.53. The normalized spacial score (nSPS) is 19.8. The number of guanidine groups is 1. The molecule has 2 aliphatic rings. The van der Waals surface area contributed by atoms with Crippen LogP contribution in [0.25, 0.3) is 0 Å². The van der Waals surface area contributed by atoms with Crippen molar-refractivity contribution in [1.82, 2.24) is 15.5 Å². The highest BCUT2D eigenvalue weighted by molar-refractivity contribution is 14.0. The topological polar surface area (TPSA) is 58.1 Å². The Morgan fingerprint density at radius 2 is 2.10 bits per heavy atom. The molecular weight excluding hydrogens is 479 g/mol. The molecule has 1 aromatic carbocycles. The van der Waals surface area contributed by atoms with Gasteiger partial charge in [-0.15, -0.1) is 24.0 Å². The lowest BCUT2D eigenvalue weighted by Gasteiger charge is -2.18. The maximum atomic E-state index is 6.14. The zero-order valence-electron chi connectivity index (χ0n) is 17.9. The number of hydrogen-bond acceptors (Lipinski definition) is 4. The number of aliphatic imine (C=N–C) groups is 1. The minimum atomic E-state index is 0. The first-order valence-corrected chi connectivity index (χ1v) is 10.7. The van der Waals surface area contributed by atoms with Gasteiger partial charge >= 0.3 is 0 Å². The zero-order valence-corrected chi connectivity index (χ0v) is 20.2. The van der Waals surface area contributed by atoms with E-state index in [0.29, 0.717) is 12.5 Å². The molecule has 2 saturated heterocycles. The molecule has 0 radical (unpaired) electrons. The second-order valence-corrected chi connectivity index (χ2v) is 7.91. The highest BCUT2D eigenvalue weighted by Gasteiger charge is 2.17. The lowest BCUT2D eigenvalue weighted by molar-refractivity contribution is 0.166. The average Bonchev–Trinajstić information content (AvgIpc) is 3.41. The highest BCUT2D eigenvalue weighted by atomic mass is 127. The number of likely N-dealkylation sites (tertiary alicyclic amines) is 1. The Morgan fingerprint density at radius 1 is 1.28 bits per heavy atom. The molecule has 1 unspecified atom stereocenters. The Kier molecular flexibility index (Phi) is 11.1. The summed E-state index contributed by atoms with van der Waals surface area (Å²) < 4.78 is 11.6. The molecule has 29 heavy (non-hydrogen) atoms. The van der Waals surface area contributed by atoms with Crippen molar-refractivity contribution in [1.29, 1.82) is 0 Å². The van der Waals surface area contributed by atoms with Gasteiger partial charge in [-0.3, -0.25) is 4.99 Å². The summed E-state index contributed by atoms with van der Waals surface area (Å²) in [5.74, 6) is 2.31. The lowest BCUT2D eigenvalue weighted by atomic mass is 10.1. The predicted octanol–water partition coefficient (Wildman–Crippen LogP) is 3.18. The van der Waals surface area contributed by atoms with E-state index in [-0.39, 0.29) is 24.0 Å². The molecular formula is C22H37IN4O2. The van der Waals surface area contributed by atoms with Gasteiger partial charge in [0.1, 0.15) is 5.75 Å². The second kappa shape index (κ2) is 13.3. The van der Waals surface area contributed by atoms with Crippen molar-refractivity contribution in [2.75, 3.05) is 53.0 Å². The monoisotopic (exact) mass is 516 g/mol. The lowest BCUT2D eigenvalue weighted by Crippen LogP contribution is -2.38. The van der Waals surface area contributed by atoms with Gasteiger partial charge in [0.05, 0.1) is 13.2 Å². The van der Waals surface area contributed by atoms with Gasteiger partial charge in [0.15, 0.2) is 5.96 Å². The van der Waals surface area contributed by atoms with E-state index in [1.807, 2.05) is 7.05 Å². The summed E-state index contributed by atoms with van der Waals surface area (Å²) in [5.41, 5.74) is 2.37. The third-order valence-electron chi connectivity index (χ3n) is 5.53. The average molecular weight is 516 g/mol. The second-order valence-electron chi connectivity index (χ2n) is 7.91. The number of ether oxygens (including phenoxy) is 2. The van der Waals surface area contributed by atoms with Crippen molar-refractivity contribution in [2.24, 2.45) is 10.9 Å². The number of hydrogen-bond donors (Lipinski definition) is 2. The fourth-order valence-electron chi connectivity index (χ4n) is 3.78. The van der Waals surface area contributed by atoms with Gasteiger partial charge in [0, 0.05) is 38.2 Å². The molecule has 1 aromatic rings. The van der Waals surface area contributed by atoms with Crippen molar-refractivity contribution >= 4 is 29.9 Å². The Balaban J connectivity index is 0.00000300. The third kappa shape index (κ3) is 8.30. The van der Waals surface area contributed by atoms with Crippen LogP contribution in [0.3, 0.4) is 0 Å². The summed E-state index contributed by atoms with van der Waals surface area (Å²) >= 11 is 0. The predicted molar refractivity (Wildman–Crippen MR) is 130 cm³/mol. The van der Waals surface area contributed by atoms with Crippen molar-refractivity contribution in [3.05, 3.63) is 29.3 Å². The van der Waals surface area contributed by atoms with E-state index in [4.69, 9.17) is 9.47 Å². The van der Waals surface area contributed by atoms with Crippen molar-refractivity contribution in [2.45, 2.75) is 39.2 Å². The first kappa shape index (κ1) is 24.2. The van der Waals surface area contributed by atoms with E-state index in [2.05, 4.69) is 45.6 Å². The molecule has 0 aliphatic carbocycles. The van der Waals surface area contributed by atoms with Crippen LogP contribution in [0.1, 0.15) is 36.8 Å². The van der Waals surface area contributed by atoms with E-state index in [9.17, 15) is 0 Å². The maximum absolute atomic E-state index is 6.14. The van der Waals surface area contributed by atoms with Crippen LogP contribution in [0.5, 0.6) is 5.75 Å². The van der Waals surface area contributed by atoms with Crippen LogP contribution in [0.4, 0.5) is 0 Å². The molecule has 3 rings (SSSR count). The first-order valence-electron chi connectivity index (χ1n) is 10.7. The Bertz CT molecular complexity index is 629. The van der Waals surface area contributed by atoms with Crippen molar-refractivity contribution in [3.63, 3.8) is 0 Å². The number of benzene rings is 1. The Morgan fingerprint density at radius 3 is 2.83 bits per heavy atom. The largest absolute Gasteiger partial charge is 0.493 e. The van der Waals surface area contributed by atoms with E-state index < -0.39 is 0 Å². The summed E-state index contributed by atoms with van der Waals surface area (Å²) in [6.07, 6.45) is 4.94. The van der Waals surface area contributed by atoms with E-state index in [1.165, 1.54) is 38.0 Å². The molecule has 2 N–H and O–H groups in total. The number of rotatable bonds is 9. The first-order chi connectivity index (χ1) is 13.7. The molecule has 2 fully saturated rings. The van der Waals surface area contributed by atoms with Crippen LogP contribution < -0.4 is 15.4 Å². The summed E-state index contributed by atoms with van der Waals surface area (Å²) in [6.45, 7) is 9.82. The van der Waals surface area contributed by atoms with Crippen LogP contribution in [-0.2, 0) is 11.3 Å². The minimum Gasteiger partial charge on any atom is -0.493 e. The number of halogens is 1. The molecule has 0 bridgehead atoms. The fraction of sp³-hybridized carbons (Fsp3) is 0.682. The van der Waals surface area contributed by atoms with Gasteiger partial charge in [0.25, 0.3) is 0 Å². The number of nitrogens with one attached hydrogen (secondary N) is 2. The van der Waals surface area contributed by atoms with Gasteiger partial charge in [-0.05, 0) is 63.9 Å². The van der Waals surface area contributed by atoms with Crippen molar-refractivity contribution < 1.29 is 9.47 Å². The number of nitrogens with zero attached hydrogens (tertiary/aromatic N) is 2. The molecule has 2 aliphatic heterocycles. The molecule has 1 atom stereocenters. The highest BCUT2D eigenvalue weighted by Crippen LogP contribution is 2.22. The molecule has 6 nitrogen and oxygen atoms in total. The Labute approximate surface area is 192 Å². The van der Waals surface area contributed by atoms with Gasteiger partial charge < -0.3 is 25.0 Å². The molecule has 0 amide bonds. The molecule has 2 heterocycles. The Hall–Kier alpha value is -1.06. The van der Waals surface area contributed by atoms with Crippen LogP contribution in [-0.4, -0.2) is 63.9 Å². The standard InChI is InChI=1S/C22H36N4O2.HI/c1-18-6-7-20(21(14-18)28-17-19-8-13-27-16-19)15-25-22(23-2)24-9-5-12-26-10-3-4-11-26;/h6-7,14,19H,3-5,8-13,15-17H2,1-2H3,(H2,23,24,25);1H. The van der Waals surface area contributed by atoms with E-state index >= 15 is 0 Å². The molecule has 0 aromatic heterocycles.